The molecule has 0 atom stereocenters. The molecule has 27 heavy (non-hydrogen) atoms. The molecule has 0 aliphatic heterocycles. The number of anilines is 1. The molecule has 0 aliphatic rings. The van der Waals surface area contributed by atoms with Gasteiger partial charge in [-0.1, -0.05) is 6.07 Å². The minimum absolute atomic E-state index is 0.116. The zero-order chi connectivity index (χ0) is 19.4. The van der Waals surface area contributed by atoms with Crippen LogP contribution in [-0.4, -0.2) is 24.1 Å². The highest BCUT2D eigenvalue weighted by Crippen LogP contribution is 2.21. The fourth-order valence-corrected chi connectivity index (χ4v) is 2.79. The normalized spacial score (nSPS) is 10.6. The predicted octanol–water partition coefficient (Wildman–Crippen LogP) is 3.56. The highest BCUT2D eigenvalue weighted by molar-refractivity contribution is 5.95. The lowest BCUT2D eigenvalue weighted by Crippen LogP contribution is -2.20. The summed E-state index contributed by atoms with van der Waals surface area (Å²) in [7, 11) is 0. The molecule has 0 saturated carbocycles. The Bertz CT molecular complexity index is 1020. The number of hydrogen-bond acceptors (Lipinski definition) is 4. The molecule has 0 bridgehead atoms. The van der Waals surface area contributed by atoms with Crippen LogP contribution in [0.15, 0.2) is 47.3 Å². The zero-order valence-electron chi connectivity index (χ0n) is 15.6. The Hall–Kier alpha value is -3.28. The quantitative estimate of drug-likeness (QED) is 0.699. The van der Waals surface area contributed by atoms with E-state index in [1.807, 2.05) is 26.0 Å². The summed E-state index contributed by atoms with van der Waals surface area (Å²) in [5.74, 6) is 1.06. The van der Waals surface area contributed by atoms with Gasteiger partial charge in [-0.05, 0) is 62.7 Å². The number of amides is 1. The highest BCUT2D eigenvalue weighted by Gasteiger charge is 2.08. The monoisotopic (exact) mass is 366 g/mol. The summed E-state index contributed by atoms with van der Waals surface area (Å²) in [6.07, 6.45) is 0. The van der Waals surface area contributed by atoms with Gasteiger partial charge in [0.1, 0.15) is 11.5 Å². The molecule has 0 aliphatic carbocycles. The van der Waals surface area contributed by atoms with Crippen molar-refractivity contribution in [2.75, 3.05) is 18.5 Å². The number of ether oxygens (including phenoxy) is 2. The Labute approximate surface area is 157 Å². The van der Waals surface area contributed by atoms with Gasteiger partial charge in [-0.15, -0.1) is 0 Å². The third-order valence-electron chi connectivity index (χ3n) is 4.36. The van der Waals surface area contributed by atoms with Crippen LogP contribution in [0.4, 0.5) is 5.69 Å². The zero-order valence-corrected chi connectivity index (χ0v) is 15.6. The first-order valence-corrected chi connectivity index (χ1v) is 8.76. The van der Waals surface area contributed by atoms with Gasteiger partial charge in [0.2, 0.25) is 0 Å². The maximum Gasteiger partial charge on any atom is 0.262 e. The largest absolute Gasteiger partial charge is 0.494 e. The van der Waals surface area contributed by atoms with Crippen LogP contribution in [0, 0.1) is 13.8 Å². The number of rotatable bonds is 6. The minimum Gasteiger partial charge on any atom is -0.494 e. The second kappa shape index (κ2) is 7.95. The van der Waals surface area contributed by atoms with E-state index in [0.717, 1.165) is 16.7 Å². The summed E-state index contributed by atoms with van der Waals surface area (Å²) < 4.78 is 10.9. The van der Waals surface area contributed by atoms with Crippen molar-refractivity contribution in [3.8, 4) is 11.5 Å². The van der Waals surface area contributed by atoms with Gasteiger partial charge in [0.25, 0.3) is 11.5 Å². The topological polar surface area (TPSA) is 80.4 Å². The molecule has 0 fully saturated rings. The lowest BCUT2D eigenvalue weighted by atomic mass is 10.1. The predicted molar refractivity (Wildman–Crippen MR) is 106 cm³/mol. The lowest BCUT2D eigenvalue weighted by molar-refractivity contribution is -0.118. The van der Waals surface area contributed by atoms with Gasteiger partial charge in [-0.2, -0.15) is 0 Å². The highest BCUT2D eigenvalue weighted by atomic mass is 16.5. The number of aromatic amines is 1. The van der Waals surface area contributed by atoms with E-state index >= 15 is 0 Å². The number of pyridine rings is 1. The van der Waals surface area contributed by atoms with E-state index in [-0.39, 0.29) is 18.1 Å². The summed E-state index contributed by atoms with van der Waals surface area (Å²) in [5.41, 5.74) is 2.80. The minimum atomic E-state index is -0.283. The van der Waals surface area contributed by atoms with Gasteiger partial charge >= 0.3 is 0 Å². The Morgan fingerprint density at radius 3 is 2.33 bits per heavy atom. The molecule has 3 rings (SSSR count). The van der Waals surface area contributed by atoms with E-state index in [1.165, 1.54) is 0 Å². The number of aryl methyl sites for hydroxylation is 1. The number of hydrogen-bond donors (Lipinski definition) is 2. The fourth-order valence-electron chi connectivity index (χ4n) is 2.79. The lowest BCUT2D eigenvalue weighted by Gasteiger charge is -2.10. The summed E-state index contributed by atoms with van der Waals surface area (Å²) in [6, 6.07) is 12.5. The first-order valence-electron chi connectivity index (χ1n) is 8.76. The molecule has 1 amide bonds. The fraction of sp³-hybridized carbons (Fsp3) is 0.238. The standard InChI is InChI=1S/C21H22N2O4/c1-4-26-16-6-8-17(9-7-16)27-12-20(24)22-15-5-10-18-13(2)14(3)21(25)23-19(18)11-15/h5-11H,4,12H2,1-3H3,(H,22,24)(H,23,25). The van der Waals surface area contributed by atoms with E-state index in [0.29, 0.717) is 29.1 Å². The van der Waals surface area contributed by atoms with Crippen LogP contribution in [0.2, 0.25) is 0 Å². The molecule has 6 nitrogen and oxygen atoms in total. The number of benzene rings is 2. The number of carbonyl (C=O) groups excluding carboxylic acids is 1. The number of aromatic nitrogens is 1. The first kappa shape index (κ1) is 18.5. The second-order valence-corrected chi connectivity index (χ2v) is 6.21. The first-order chi connectivity index (χ1) is 13.0. The average Bonchev–Trinajstić information content (AvgIpc) is 2.66. The smallest absolute Gasteiger partial charge is 0.262 e. The van der Waals surface area contributed by atoms with Crippen LogP contribution >= 0.6 is 0 Å². The van der Waals surface area contributed by atoms with Crippen molar-refractivity contribution >= 4 is 22.5 Å². The van der Waals surface area contributed by atoms with E-state index < -0.39 is 0 Å². The molecule has 0 spiro atoms. The summed E-state index contributed by atoms with van der Waals surface area (Å²) in [6.45, 7) is 6.10. The molecular formula is C21H22N2O4. The Morgan fingerprint density at radius 2 is 1.67 bits per heavy atom. The van der Waals surface area contributed by atoms with Crippen molar-refractivity contribution in [3.63, 3.8) is 0 Å². The Morgan fingerprint density at radius 1 is 1.00 bits per heavy atom. The Balaban J connectivity index is 1.65. The van der Waals surface area contributed by atoms with Crippen LogP contribution in [0.1, 0.15) is 18.1 Å². The number of nitrogens with one attached hydrogen (secondary N) is 2. The number of fused-ring (bicyclic) bond motifs is 1. The van der Waals surface area contributed by atoms with Gasteiger partial charge in [0.05, 0.1) is 12.1 Å². The second-order valence-electron chi connectivity index (χ2n) is 6.21. The third-order valence-corrected chi connectivity index (χ3v) is 4.36. The van der Waals surface area contributed by atoms with Gasteiger partial charge in [-0.3, -0.25) is 9.59 Å². The average molecular weight is 366 g/mol. The number of carbonyl (C=O) groups is 1. The number of H-pyrrole nitrogens is 1. The molecule has 1 aromatic heterocycles. The molecule has 140 valence electrons. The maximum absolute atomic E-state index is 12.1. The molecule has 2 N–H and O–H groups in total. The van der Waals surface area contributed by atoms with E-state index in [4.69, 9.17) is 9.47 Å². The molecule has 6 heteroatoms. The molecule has 2 aromatic carbocycles. The molecule has 1 heterocycles. The summed E-state index contributed by atoms with van der Waals surface area (Å²) in [5, 5.41) is 3.73. The van der Waals surface area contributed by atoms with Crippen molar-refractivity contribution in [1.29, 1.82) is 0 Å². The molecule has 0 radical (unpaired) electrons. The van der Waals surface area contributed by atoms with Crippen LogP contribution in [0.5, 0.6) is 11.5 Å². The Kier molecular flexibility index (Phi) is 5.45. The van der Waals surface area contributed by atoms with Crippen molar-refractivity contribution in [2.45, 2.75) is 20.8 Å². The van der Waals surface area contributed by atoms with Crippen LogP contribution < -0.4 is 20.3 Å². The van der Waals surface area contributed by atoms with Gasteiger partial charge in [-0.25, -0.2) is 0 Å². The van der Waals surface area contributed by atoms with Crippen LogP contribution in [-0.2, 0) is 4.79 Å². The van der Waals surface area contributed by atoms with Crippen molar-refractivity contribution < 1.29 is 14.3 Å². The van der Waals surface area contributed by atoms with Gasteiger partial charge in [0.15, 0.2) is 6.61 Å². The molecular weight excluding hydrogens is 344 g/mol. The van der Waals surface area contributed by atoms with Crippen molar-refractivity contribution in [2.24, 2.45) is 0 Å². The van der Waals surface area contributed by atoms with E-state index in [2.05, 4.69) is 10.3 Å². The summed E-state index contributed by atoms with van der Waals surface area (Å²) >= 11 is 0. The molecule has 3 aromatic rings. The van der Waals surface area contributed by atoms with Crippen molar-refractivity contribution in [3.05, 3.63) is 63.9 Å². The molecule has 0 unspecified atom stereocenters. The van der Waals surface area contributed by atoms with Gasteiger partial charge < -0.3 is 19.8 Å². The maximum atomic E-state index is 12.1. The van der Waals surface area contributed by atoms with Crippen molar-refractivity contribution in [1.82, 2.24) is 4.98 Å². The third kappa shape index (κ3) is 4.28. The van der Waals surface area contributed by atoms with Crippen LogP contribution in [0.25, 0.3) is 10.9 Å². The van der Waals surface area contributed by atoms with Crippen LogP contribution in [0.3, 0.4) is 0 Å². The van der Waals surface area contributed by atoms with E-state index in [1.54, 1.807) is 37.3 Å². The molecule has 0 saturated heterocycles. The van der Waals surface area contributed by atoms with E-state index in [9.17, 15) is 9.59 Å². The van der Waals surface area contributed by atoms with Gasteiger partial charge in [0, 0.05) is 16.6 Å². The summed E-state index contributed by atoms with van der Waals surface area (Å²) in [4.78, 5) is 26.9. The SMILES string of the molecule is CCOc1ccc(OCC(=O)Nc2ccc3c(C)c(C)c(=O)[nH]c3c2)cc1.